The van der Waals surface area contributed by atoms with E-state index < -0.39 is 0 Å². The SMILES string of the molecule is O=C(NC1CCCCC1)c1csc(-n2cccc2)n1. The Hall–Kier alpha value is -1.62. The van der Waals surface area contributed by atoms with Gasteiger partial charge in [-0.2, -0.15) is 0 Å². The summed E-state index contributed by atoms with van der Waals surface area (Å²) in [7, 11) is 0. The molecule has 1 aliphatic rings. The summed E-state index contributed by atoms with van der Waals surface area (Å²) in [4.78, 5) is 16.5. The second-order valence-electron chi connectivity index (χ2n) is 4.91. The Balaban J connectivity index is 1.67. The van der Waals surface area contributed by atoms with Crippen molar-refractivity contribution >= 4 is 17.2 Å². The van der Waals surface area contributed by atoms with Crippen molar-refractivity contribution in [3.05, 3.63) is 35.6 Å². The molecule has 2 heterocycles. The first-order chi connectivity index (χ1) is 9.33. The molecular formula is C14H17N3OS. The largest absolute Gasteiger partial charge is 0.348 e. The Labute approximate surface area is 116 Å². The highest BCUT2D eigenvalue weighted by atomic mass is 32.1. The maximum absolute atomic E-state index is 12.1. The Kier molecular flexibility index (Phi) is 3.64. The molecule has 1 saturated carbocycles. The van der Waals surface area contributed by atoms with Crippen molar-refractivity contribution in [2.45, 2.75) is 38.1 Å². The Morgan fingerprint density at radius 2 is 2.00 bits per heavy atom. The van der Waals surface area contributed by atoms with Crippen molar-refractivity contribution in [1.82, 2.24) is 14.9 Å². The Morgan fingerprint density at radius 3 is 2.74 bits per heavy atom. The average molecular weight is 275 g/mol. The van der Waals surface area contributed by atoms with E-state index >= 15 is 0 Å². The highest BCUT2D eigenvalue weighted by molar-refractivity contribution is 7.12. The molecule has 5 heteroatoms. The summed E-state index contributed by atoms with van der Waals surface area (Å²) in [5, 5.41) is 5.75. The molecule has 0 spiro atoms. The number of rotatable bonds is 3. The Bertz CT molecular complexity index is 541. The monoisotopic (exact) mass is 275 g/mol. The summed E-state index contributed by atoms with van der Waals surface area (Å²) in [5.74, 6) is -0.0402. The fraction of sp³-hybridized carbons (Fsp3) is 0.429. The van der Waals surface area contributed by atoms with Gasteiger partial charge in [0.1, 0.15) is 5.69 Å². The minimum Gasteiger partial charge on any atom is -0.348 e. The minimum atomic E-state index is -0.0402. The van der Waals surface area contributed by atoms with Crippen LogP contribution in [-0.2, 0) is 0 Å². The predicted molar refractivity (Wildman–Crippen MR) is 75.8 cm³/mol. The number of carbonyl (C=O) groups is 1. The van der Waals surface area contributed by atoms with Gasteiger partial charge in [-0.25, -0.2) is 4.98 Å². The number of nitrogens with one attached hydrogen (secondary N) is 1. The zero-order chi connectivity index (χ0) is 13.1. The lowest BCUT2D eigenvalue weighted by Crippen LogP contribution is -2.36. The number of nitrogens with zero attached hydrogens (tertiary/aromatic N) is 2. The second-order valence-corrected chi connectivity index (χ2v) is 5.75. The van der Waals surface area contributed by atoms with Crippen molar-refractivity contribution in [3.63, 3.8) is 0 Å². The normalized spacial score (nSPS) is 16.4. The van der Waals surface area contributed by atoms with Gasteiger partial charge in [0.05, 0.1) is 0 Å². The molecule has 0 atom stereocenters. The van der Waals surface area contributed by atoms with E-state index in [0.29, 0.717) is 11.7 Å². The maximum atomic E-state index is 12.1. The first-order valence-corrected chi connectivity index (χ1v) is 7.60. The van der Waals surface area contributed by atoms with E-state index in [0.717, 1.165) is 18.0 Å². The van der Waals surface area contributed by atoms with E-state index in [1.165, 1.54) is 30.6 Å². The van der Waals surface area contributed by atoms with Crippen LogP contribution in [0.3, 0.4) is 0 Å². The van der Waals surface area contributed by atoms with Gasteiger partial charge in [-0.1, -0.05) is 19.3 Å². The molecule has 0 bridgehead atoms. The van der Waals surface area contributed by atoms with Crippen LogP contribution in [0.2, 0.25) is 0 Å². The molecule has 0 saturated heterocycles. The van der Waals surface area contributed by atoms with Crippen LogP contribution in [0.25, 0.3) is 5.13 Å². The highest BCUT2D eigenvalue weighted by Crippen LogP contribution is 2.19. The van der Waals surface area contributed by atoms with E-state index in [-0.39, 0.29) is 5.91 Å². The van der Waals surface area contributed by atoms with Crippen LogP contribution in [0.5, 0.6) is 0 Å². The summed E-state index contributed by atoms with van der Waals surface area (Å²) >= 11 is 1.49. The molecular weight excluding hydrogens is 258 g/mol. The topological polar surface area (TPSA) is 46.9 Å². The second kappa shape index (κ2) is 5.57. The number of hydrogen-bond donors (Lipinski definition) is 1. The van der Waals surface area contributed by atoms with Crippen LogP contribution in [-0.4, -0.2) is 21.5 Å². The molecule has 0 aromatic carbocycles. The van der Waals surface area contributed by atoms with Gasteiger partial charge in [0, 0.05) is 23.8 Å². The van der Waals surface area contributed by atoms with Crippen LogP contribution >= 0.6 is 11.3 Å². The molecule has 1 fully saturated rings. The summed E-state index contributed by atoms with van der Waals surface area (Å²) in [6.07, 6.45) is 9.79. The molecule has 1 amide bonds. The molecule has 3 rings (SSSR count). The van der Waals surface area contributed by atoms with Crippen molar-refractivity contribution in [2.24, 2.45) is 0 Å². The molecule has 1 aliphatic carbocycles. The highest BCUT2D eigenvalue weighted by Gasteiger charge is 2.18. The molecule has 100 valence electrons. The van der Waals surface area contributed by atoms with Gasteiger partial charge < -0.3 is 9.88 Å². The van der Waals surface area contributed by atoms with Crippen LogP contribution in [0.15, 0.2) is 29.9 Å². The van der Waals surface area contributed by atoms with E-state index in [1.807, 2.05) is 34.5 Å². The smallest absolute Gasteiger partial charge is 0.271 e. The molecule has 19 heavy (non-hydrogen) atoms. The van der Waals surface area contributed by atoms with Gasteiger partial charge in [-0.05, 0) is 25.0 Å². The molecule has 4 nitrogen and oxygen atoms in total. The van der Waals surface area contributed by atoms with Crippen molar-refractivity contribution in [1.29, 1.82) is 0 Å². The molecule has 0 unspecified atom stereocenters. The fourth-order valence-electron chi connectivity index (χ4n) is 2.46. The third-order valence-electron chi connectivity index (χ3n) is 3.49. The molecule has 0 radical (unpaired) electrons. The molecule has 1 N–H and O–H groups in total. The van der Waals surface area contributed by atoms with Crippen LogP contribution in [0.1, 0.15) is 42.6 Å². The van der Waals surface area contributed by atoms with Crippen molar-refractivity contribution in [2.75, 3.05) is 0 Å². The first-order valence-electron chi connectivity index (χ1n) is 6.73. The van der Waals surface area contributed by atoms with Crippen molar-refractivity contribution < 1.29 is 4.79 Å². The molecule has 0 aliphatic heterocycles. The fourth-order valence-corrected chi connectivity index (χ4v) is 3.23. The van der Waals surface area contributed by atoms with E-state index in [9.17, 15) is 4.79 Å². The third-order valence-corrected chi connectivity index (χ3v) is 4.34. The Morgan fingerprint density at radius 1 is 1.26 bits per heavy atom. The summed E-state index contributed by atoms with van der Waals surface area (Å²) in [5.41, 5.74) is 0.527. The zero-order valence-corrected chi connectivity index (χ0v) is 11.5. The number of aromatic nitrogens is 2. The quantitative estimate of drug-likeness (QED) is 0.936. The third kappa shape index (κ3) is 2.87. The maximum Gasteiger partial charge on any atom is 0.271 e. The van der Waals surface area contributed by atoms with E-state index in [4.69, 9.17) is 0 Å². The molecule has 2 aromatic heterocycles. The van der Waals surface area contributed by atoms with Gasteiger partial charge in [0.25, 0.3) is 5.91 Å². The summed E-state index contributed by atoms with van der Waals surface area (Å²) < 4.78 is 1.92. The number of hydrogen-bond acceptors (Lipinski definition) is 3. The summed E-state index contributed by atoms with van der Waals surface area (Å²) in [6, 6.07) is 4.23. The van der Waals surface area contributed by atoms with E-state index in [1.54, 1.807) is 0 Å². The van der Waals surface area contributed by atoms with Crippen LogP contribution in [0.4, 0.5) is 0 Å². The lowest BCUT2D eigenvalue weighted by Gasteiger charge is -2.22. The molecule has 2 aromatic rings. The number of amides is 1. The van der Waals surface area contributed by atoms with Gasteiger partial charge in [0.2, 0.25) is 0 Å². The van der Waals surface area contributed by atoms with Crippen molar-refractivity contribution in [3.8, 4) is 5.13 Å². The number of carbonyl (C=O) groups excluding carboxylic acids is 1. The van der Waals surface area contributed by atoms with Crippen LogP contribution < -0.4 is 5.32 Å². The average Bonchev–Trinajstić information content (AvgIpc) is 3.11. The van der Waals surface area contributed by atoms with Gasteiger partial charge in [-0.15, -0.1) is 11.3 Å². The minimum absolute atomic E-state index is 0.0402. The van der Waals surface area contributed by atoms with Crippen LogP contribution in [0, 0.1) is 0 Å². The van der Waals surface area contributed by atoms with Gasteiger partial charge in [0.15, 0.2) is 5.13 Å². The first kappa shape index (κ1) is 12.4. The lowest BCUT2D eigenvalue weighted by atomic mass is 9.95. The van der Waals surface area contributed by atoms with Gasteiger partial charge >= 0.3 is 0 Å². The summed E-state index contributed by atoms with van der Waals surface area (Å²) in [6.45, 7) is 0. The predicted octanol–water partition coefficient (Wildman–Crippen LogP) is 3.00. The standard InChI is InChI=1S/C14H17N3OS/c18-13(15-11-6-2-1-3-7-11)12-10-19-14(16-12)17-8-4-5-9-17/h4-5,8-11H,1-3,6-7H2,(H,15,18). The zero-order valence-electron chi connectivity index (χ0n) is 10.7. The lowest BCUT2D eigenvalue weighted by molar-refractivity contribution is 0.0923. The van der Waals surface area contributed by atoms with E-state index in [2.05, 4.69) is 10.3 Å². The van der Waals surface area contributed by atoms with Gasteiger partial charge in [-0.3, -0.25) is 4.79 Å². The number of thiazole rings is 1.